The van der Waals surface area contributed by atoms with Gasteiger partial charge in [0.25, 0.3) is 0 Å². The van der Waals surface area contributed by atoms with Gasteiger partial charge in [0, 0.05) is 5.41 Å². The van der Waals surface area contributed by atoms with Crippen LogP contribution in [0, 0.1) is 0 Å². The highest BCUT2D eigenvalue weighted by atomic mass is 16.4. The lowest BCUT2D eigenvalue weighted by Gasteiger charge is -2.22. The van der Waals surface area contributed by atoms with Gasteiger partial charge in [0.05, 0.1) is 0 Å². The monoisotopic (exact) mass is 364 g/mol. The van der Waals surface area contributed by atoms with Gasteiger partial charge < -0.3 is 10.0 Å². The molecule has 136 valence electrons. The first-order valence-electron chi connectivity index (χ1n) is 9.61. The summed E-state index contributed by atoms with van der Waals surface area (Å²) in [7, 11) is -1.48. The van der Waals surface area contributed by atoms with Crippen LogP contribution >= 0.6 is 0 Å². The van der Waals surface area contributed by atoms with E-state index >= 15 is 0 Å². The van der Waals surface area contributed by atoms with Crippen molar-refractivity contribution in [2.24, 2.45) is 0 Å². The van der Waals surface area contributed by atoms with E-state index in [9.17, 15) is 10.0 Å². The highest BCUT2D eigenvalue weighted by Crippen LogP contribution is 2.49. The molecule has 2 N–H and O–H groups in total. The summed E-state index contributed by atoms with van der Waals surface area (Å²) in [5.74, 6) is 0. The van der Waals surface area contributed by atoms with Crippen molar-refractivity contribution in [1.82, 2.24) is 0 Å². The first kappa shape index (κ1) is 17.2. The van der Waals surface area contributed by atoms with Gasteiger partial charge in [-0.15, -0.1) is 0 Å². The normalized spacial score (nSPS) is 14.0. The molecule has 0 aliphatic heterocycles. The van der Waals surface area contributed by atoms with Crippen molar-refractivity contribution in [3.05, 3.63) is 90.0 Å². The molecule has 4 aromatic rings. The summed E-state index contributed by atoms with van der Waals surface area (Å²) < 4.78 is 0. The molecule has 0 saturated heterocycles. The number of hydrogen-bond acceptors (Lipinski definition) is 2. The van der Waals surface area contributed by atoms with Crippen LogP contribution < -0.4 is 5.46 Å². The van der Waals surface area contributed by atoms with Gasteiger partial charge in [-0.2, -0.15) is 0 Å². The third-order valence-corrected chi connectivity index (χ3v) is 6.13. The Hall–Kier alpha value is -2.88. The van der Waals surface area contributed by atoms with Crippen molar-refractivity contribution >= 4 is 23.4 Å². The fourth-order valence-corrected chi connectivity index (χ4v) is 4.68. The summed E-state index contributed by atoms with van der Waals surface area (Å²) in [6, 6.07) is 27.1. The van der Waals surface area contributed by atoms with Crippen LogP contribution in [-0.2, 0) is 5.41 Å². The van der Waals surface area contributed by atoms with Gasteiger partial charge in [0.15, 0.2) is 0 Å². The Kier molecular flexibility index (Phi) is 3.73. The molecule has 0 amide bonds. The molecule has 1 aliphatic rings. The summed E-state index contributed by atoms with van der Waals surface area (Å²) in [5.41, 5.74) is 8.07. The molecule has 0 saturated carbocycles. The SMILES string of the molecule is CC1(C)c2ccccc2-c2ccc(-c3cccc4c(B(O)O)cccc34)cc21. The maximum absolute atomic E-state index is 9.73. The molecule has 0 fully saturated rings. The Labute approximate surface area is 165 Å². The zero-order valence-electron chi connectivity index (χ0n) is 16.0. The quantitative estimate of drug-likeness (QED) is 0.515. The highest BCUT2D eigenvalue weighted by Gasteiger charge is 2.35. The van der Waals surface area contributed by atoms with E-state index in [1.54, 1.807) is 6.07 Å². The van der Waals surface area contributed by atoms with Crippen LogP contribution in [0.1, 0.15) is 25.0 Å². The summed E-state index contributed by atoms with van der Waals surface area (Å²) >= 11 is 0. The molecule has 0 radical (unpaired) electrons. The molecular formula is C25H21BO2. The predicted molar refractivity (Wildman–Crippen MR) is 117 cm³/mol. The van der Waals surface area contributed by atoms with Crippen molar-refractivity contribution in [2.45, 2.75) is 19.3 Å². The number of rotatable bonds is 2. The lowest BCUT2D eigenvalue weighted by Crippen LogP contribution is -2.30. The minimum Gasteiger partial charge on any atom is -0.423 e. The fourth-order valence-electron chi connectivity index (χ4n) is 4.68. The average molecular weight is 364 g/mol. The standard InChI is InChI=1S/C25H21BO2/c1-25(2)22-11-4-3-7-19(22)20-14-13-16(15-23(20)25)17-8-5-10-21-18(17)9-6-12-24(21)26(27)28/h3-15,27-28H,1-2H3. The van der Waals surface area contributed by atoms with Gasteiger partial charge >= 0.3 is 7.12 Å². The molecule has 0 aromatic heterocycles. The zero-order chi connectivity index (χ0) is 19.5. The molecule has 0 bridgehead atoms. The van der Waals surface area contributed by atoms with Crippen LogP contribution in [0.2, 0.25) is 0 Å². The van der Waals surface area contributed by atoms with Gasteiger partial charge in [-0.25, -0.2) is 0 Å². The van der Waals surface area contributed by atoms with Crippen molar-refractivity contribution in [1.29, 1.82) is 0 Å². The number of hydrogen-bond donors (Lipinski definition) is 2. The Morgan fingerprint density at radius 2 is 1.32 bits per heavy atom. The van der Waals surface area contributed by atoms with E-state index in [4.69, 9.17) is 0 Å². The minimum absolute atomic E-state index is 0.0427. The molecule has 1 aliphatic carbocycles. The van der Waals surface area contributed by atoms with E-state index in [1.165, 1.54) is 22.3 Å². The molecule has 0 unspecified atom stereocenters. The van der Waals surface area contributed by atoms with E-state index in [0.717, 1.165) is 21.9 Å². The van der Waals surface area contributed by atoms with E-state index in [0.29, 0.717) is 5.46 Å². The van der Waals surface area contributed by atoms with Crippen LogP contribution in [0.3, 0.4) is 0 Å². The van der Waals surface area contributed by atoms with E-state index in [-0.39, 0.29) is 5.41 Å². The first-order chi connectivity index (χ1) is 13.5. The topological polar surface area (TPSA) is 40.5 Å². The van der Waals surface area contributed by atoms with Crippen molar-refractivity contribution in [3.8, 4) is 22.3 Å². The predicted octanol–water partition coefficient (Wildman–Crippen LogP) is 4.49. The lowest BCUT2D eigenvalue weighted by atomic mass is 9.76. The fraction of sp³-hybridized carbons (Fsp3) is 0.120. The summed E-state index contributed by atoms with van der Waals surface area (Å²) in [6.45, 7) is 4.57. The molecule has 28 heavy (non-hydrogen) atoms. The maximum Gasteiger partial charge on any atom is 0.489 e. The highest BCUT2D eigenvalue weighted by molar-refractivity contribution is 6.62. The van der Waals surface area contributed by atoms with Gasteiger partial charge in [-0.05, 0) is 55.7 Å². The summed E-state index contributed by atoms with van der Waals surface area (Å²) in [4.78, 5) is 0. The Bertz CT molecular complexity index is 1220. The molecule has 4 aromatic carbocycles. The molecule has 3 heteroatoms. The minimum atomic E-state index is -1.48. The second-order valence-electron chi connectivity index (χ2n) is 8.05. The molecule has 2 nitrogen and oxygen atoms in total. The van der Waals surface area contributed by atoms with Gasteiger partial charge in [-0.3, -0.25) is 0 Å². The zero-order valence-corrected chi connectivity index (χ0v) is 16.0. The molecule has 0 heterocycles. The summed E-state index contributed by atoms with van der Waals surface area (Å²) in [6.07, 6.45) is 0. The van der Waals surface area contributed by atoms with Crippen LogP contribution in [0.4, 0.5) is 0 Å². The molecule has 0 spiro atoms. The maximum atomic E-state index is 9.73. The van der Waals surface area contributed by atoms with Crippen molar-refractivity contribution < 1.29 is 10.0 Å². The second kappa shape index (κ2) is 6.06. The Morgan fingerprint density at radius 3 is 2.14 bits per heavy atom. The van der Waals surface area contributed by atoms with E-state index in [2.05, 4.69) is 62.4 Å². The van der Waals surface area contributed by atoms with Crippen molar-refractivity contribution in [3.63, 3.8) is 0 Å². The van der Waals surface area contributed by atoms with Crippen LogP contribution in [0.5, 0.6) is 0 Å². The summed E-state index contributed by atoms with van der Waals surface area (Å²) in [5, 5.41) is 21.4. The smallest absolute Gasteiger partial charge is 0.423 e. The third-order valence-electron chi connectivity index (χ3n) is 6.13. The van der Waals surface area contributed by atoms with Crippen LogP contribution in [0.15, 0.2) is 78.9 Å². The second-order valence-corrected chi connectivity index (χ2v) is 8.05. The van der Waals surface area contributed by atoms with Crippen molar-refractivity contribution in [2.75, 3.05) is 0 Å². The Balaban J connectivity index is 1.74. The van der Waals surface area contributed by atoms with Crippen LogP contribution in [0.25, 0.3) is 33.0 Å². The number of fused-ring (bicyclic) bond motifs is 4. The van der Waals surface area contributed by atoms with E-state index in [1.807, 2.05) is 24.3 Å². The van der Waals surface area contributed by atoms with Gasteiger partial charge in [0.1, 0.15) is 0 Å². The lowest BCUT2D eigenvalue weighted by molar-refractivity contribution is 0.426. The molecule has 5 rings (SSSR count). The van der Waals surface area contributed by atoms with Gasteiger partial charge in [0.2, 0.25) is 0 Å². The Morgan fingerprint density at radius 1 is 0.643 bits per heavy atom. The third kappa shape index (κ3) is 2.37. The number of benzene rings is 4. The van der Waals surface area contributed by atoms with Crippen LogP contribution in [-0.4, -0.2) is 17.2 Å². The molecule has 0 atom stereocenters. The largest absolute Gasteiger partial charge is 0.489 e. The van der Waals surface area contributed by atoms with E-state index < -0.39 is 7.12 Å². The first-order valence-corrected chi connectivity index (χ1v) is 9.61. The average Bonchev–Trinajstić information content (AvgIpc) is 2.94. The van der Waals surface area contributed by atoms with Gasteiger partial charge in [-0.1, -0.05) is 86.6 Å². The molecular weight excluding hydrogens is 343 g/mol.